The molecule has 0 bridgehead atoms. The quantitative estimate of drug-likeness (QED) is 0.213. The van der Waals surface area contributed by atoms with Crippen LogP contribution in [0, 0.1) is 0 Å². The molecule has 2 N–H and O–H groups in total. The molecule has 0 fully saturated rings. The summed E-state index contributed by atoms with van der Waals surface area (Å²) in [5.41, 5.74) is 7.47. The van der Waals surface area contributed by atoms with Gasteiger partial charge in [0, 0.05) is 35.6 Å². The third kappa shape index (κ3) is 3.12. The molecule has 7 aromatic carbocycles. The van der Waals surface area contributed by atoms with Gasteiger partial charge in [0.15, 0.2) is 0 Å². The number of benzene rings is 7. The van der Waals surface area contributed by atoms with Gasteiger partial charge in [-0.3, -0.25) is 0 Å². The zero-order valence-electron chi connectivity index (χ0n) is 23.6. The van der Waals surface area contributed by atoms with Gasteiger partial charge in [0.1, 0.15) is 12.3 Å². The minimum atomic E-state index is 0.0580. The molecule has 2 aliphatic heterocycles. The lowest BCUT2D eigenvalue weighted by Gasteiger charge is -2.26. The molecule has 0 aromatic heterocycles. The van der Waals surface area contributed by atoms with Crippen molar-refractivity contribution in [3.05, 3.63) is 132 Å². The monoisotopic (exact) mass is 542 g/mol. The number of hydrogen-bond donors (Lipinski definition) is 2. The highest BCUT2D eigenvalue weighted by molar-refractivity contribution is 6.22. The molecule has 0 aliphatic carbocycles. The Bertz CT molecular complexity index is 2040. The molecule has 9 rings (SSSR count). The molecule has 7 aromatic rings. The normalized spacial score (nSPS) is 17.6. The summed E-state index contributed by atoms with van der Waals surface area (Å²) in [6.45, 7) is 0. The average molecular weight is 543 g/mol. The first-order valence-electron chi connectivity index (χ1n) is 14.6. The van der Waals surface area contributed by atoms with Crippen LogP contribution in [0.5, 0.6) is 0 Å². The van der Waals surface area contributed by atoms with Crippen LogP contribution in [0.3, 0.4) is 0 Å². The summed E-state index contributed by atoms with van der Waals surface area (Å²) in [4.78, 5) is 4.79. The van der Waals surface area contributed by atoms with E-state index in [0.29, 0.717) is 0 Å². The molecule has 4 nitrogen and oxygen atoms in total. The molecule has 0 saturated carbocycles. The van der Waals surface area contributed by atoms with E-state index in [1.54, 1.807) is 0 Å². The van der Waals surface area contributed by atoms with Crippen LogP contribution >= 0.6 is 0 Å². The number of hydrogen-bond acceptors (Lipinski definition) is 4. The first-order chi connectivity index (χ1) is 20.7. The van der Waals surface area contributed by atoms with Crippen LogP contribution in [0.15, 0.2) is 121 Å². The summed E-state index contributed by atoms with van der Waals surface area (Å²) in [6, 6.07) is 44.1. The van der Waals surface area contributed by atoms with Crippen LogP contribution in [-0.2, 0) is 0 Å². The maximum absolute atomic E-state index is 3.89. The summed E-state index contributed by atoms with van der Waals surface area (Å²) in [5, 5.41) is 18.1. The zero-order chi connectivity index (χ0) is 27.9. The van der Waals surface area contributed by atoms with Crippen LogP contribution in [0.2, 0.25) is 0 Å². The molecule has 2 heterocycles. The molecule has 0 saturated heterocycles. The van der Waals surface area contributed by atoms with Gasteiger partial charge in [-0.25, -0.2) is 0 Å². The second-order valence-electron chi connectivity index (χ2n) is 11.6. The van der Waals surface area contributed by atoms with Crippen LogP contribution in [0.25, 0.3) is 43.1 Å². The fraction of sp³-hybridized carbons (Fsp3) is 0.105. The Labute approximate surface area is 244 Å². The van der Waals surface area contributed by atoms with Gasteiger partial charge in [-0.2, -0.15) is 0 Å². The topological polar surface area (TPSA) is 30.5 Å². The van der Waals surface area contributed by atoms with Gasteiger partial charge in [0.2, 0.25) is 0 Å². The highest BCUT2D eigenvalue weighted by Crippen LogP contribution is 2.51. The van der Waals surface area contributed by atoms with E-state index >= 15 is 0 Å². The average Bonchev–Trinajstić information content (AvgIpc) is 3.59. The highest BCUT2D eigenvalue weighted by atomic mass is 15.3. The predicted molar refractivity (Wildman–Crippen MR) is 179 cm³/mol. The SMILES string of the molecule is CN1c2c(c3ccccc3c3ccccc23)NC1c1ccc(C2Nc3c(c4ccccc4c4ccccc34)N2C)cc1. The molecule has 2 atom stereocenters. The molecule has 202 valence electrons. The lowest BCUT2D eigenvalue weighted by atomic mass is 9.98. The standard InChI is InChI=1S/C38H30N4/c1-41-35-31-17-9-5-13-27(31)25-11-3-7-15-29(25)33(35)39-37(41)23-19-21-24(22-20-23)38-40-34-30-16-8-4-12-26(30)28-14-6-10-18-32(28)36(34)42(38)2/h3-22,37-40H,1-2H3. The lowest BCUT2D eigenvalue weighted by Crippen LogP contribution is -2.25. The first-order valence-corrected chi connectivity index (χ1v) is 14.6. The summed E-state index contributed by atoms with van der Waals surface area (Å²) >= 11 is 0. The van der Waals surface area contributed by atoms with Crippen LogP contribution in [0.1, 0.15) is 23.5 Å². The fourth-order valence-electron chi connectivity index (χ4n) is 7.47. The van der Waals surface area contributed by atoms with Crippen LogP contribution in [0.4, 0.5) is 22.7 Å². The predicted octanol–water partition coefficient (Wildman–Crippen LogP) is 9.42. The van der Waals surface area contributed by atoms with Gasteiger partial charge in [0.05, 0.1) is 22.7 Å². The molecule has 0 radical (unpaired) electrons. The maximum atomic E-state index is 3.89. The summed E-state index contributed by atoms with van der Waals surface area (Å²) in [5.74, 6) is 0. The van der Waals surface area contributed by atoms with E-state index in [1.165, 1.54) is 77.0 Å². The van der Waals surface area contributed by atoms with E-state index in [0.717, 1.165) is 0 Å². The van der Waals surface area contributed by atoms with Crippen molar-refractivity contribution in [3.63, 3.8) is 0 Å². The van der Waals surface area contributed by atoms with Gasteiger partial charge in [-0.15, -0.1) is 0 Å². The fourth-order valence-corrected chi connectivity index (χ4v) is 7.47. The van der Waals surface area contributed by atoms with E-state index in [1.807, 2.05) is 0 Å². The molecule has 0 amide bonds. The number of rotatable bonds is 2. The largest absolute Gasteiger partial charge is 0.359 e. The number of fused-ring (bicyclic) bond motifs is 12. The van der Waals surface area contributed by atoms with Crippen molar-refractivity contribution in [2.45, 2.75) is 12.3 Å². The van der Waals surface area contributed by atoms with E-state index in [-0.39, 0.29) is 12.3 Å². The number of anilines is 4. The Kier molecular flexibility index (Phi) is 4.83. The van der Waals surface area contributed by atoms with Crippen molar-refractivity contribution < 1.29 is 0 Å². The smallest absolute Gasteiger partial charge is 0.125 e. The maximum Gasteiger partial charge on any atom is 0.125 e. The Balaban J connectivity index is 1.10. The lowest BCUT2D eigenvalue weighted by molar-refractivity contribution is 0.778. The number of nitrogens with zero attached hydrogens (tertiary/aromatic N) is 2. The summed E-state index contributed by atoms with van der Waals surface area (Å²) < 4.78 is 0. The van der Waals surface area contributed by atoms with E-state index in [2.05, 4.69) is 156 Å². The number of nitrogens with one attached hydrogen (secondary N) is 2. The van der Waals surface area contributed by atoms with Gasteiger partial charge < -0.3 is 20.4 Å². The second kappa shape index (κ2) is 8.64. The van der Waals surface area contributed by atoms with E-state index in [4.69, 9.17) is 0 Å². The van der Waals surface area contributed by atoms with Gasteiger partial charge in [-0.05, 0) is 32.7 Å². The second-order valence-corrected chi connectivity index (χ2v) is 11.6. The molecule has 2 aliphatic rings. The molecule has 4 heteroatoms. The van der Waals surface area contributed by atoms with E-state index < -0.39 is 0 Å². The van der Waals surface area contributed by atoms with Crippen molar-refractivity contribution in [1.82, 2.24) is 0 Å². The first kappa shape index (κ1) is 23.5. The van der Waals surface area contributed by atoms with Crippen molar-refractivity contribution in [1.29, 1.82) is 0 Å². The minimum Gasteiger partial charge on any atom is -0.359 e. The Hall–Kier alpha value is -5.22. The summed E-state index contributed by atoms with van der Waals surface area (Å²) in [7, 11) is 4.41. The molecular weight excluding hydrogens is 512 g/mol. The van der Waals surface area contributed by atoms with Crippen molar-refractivity contribution in [3.8, 4) is 0 Å². The molecule has 42 heavy (non-hydrogen) atoms. The van der Waals surface area contributed by atoms with Crippen molar-refractivity contribution in [2.75, 3.05) is 34.5 Å². The molecular formula is C38H30N4. The third-order valence-electron chi connectivity index (χ3n) is 9.42. The third-order valence-corrected chi connectivity index (χ3v) is 9.42. The molecule has 2 unspecified atom stereocenters. The van der Waals surface area contributed by atoms with Crippen LogP contribution < -0.4 is 20.4 Å². The summed E-state index contributed by atoms with van der Waals surface area (Å²) in [6.07, 6.45) is 0.116. The van der Waals surface area contributed by atoms with Gasteiger partial charge in [0.25, 0.3) is 0 Å². The van der Waals surface area contributed by atoms with Crippen molar-refractivity contribution in [2.24, 2.45) is 0 Å². The Morgan fingerprint density at radius 3 is 1.02 bits per heavy atom. The Morgan fingerprint density at radius 1 is 0.381 bits per heavy atom. The van der Waals surface area contributed by atoms with Gasteiger partial charge in [-0.1, -0.05) is 121 Å². The highest BCUT2D eigenvalue weighted by Gasteiger charge is 2.33. The Morgan fingerprint density at radius 2 is 0.667 bits per heavy atom. The van der Waals surface area contributed by atoms with E-state index in [9.17, 15) is 0 Å². The van der Waals surface area contributed by atoms with Crippen molar-refractivity contribution >= 4 is 65.8 Å². The zero-order valence-corrected chi connectivity index (χ0v) is 23.6. The van der Waals surface area contributed by atoms with Gasteiger partial charge >= 0.3 is 0 Å². The molecule has 0 spiro atoms. The van der Waals surface area contributed by atoms with Crippen LogP contribution in [-0.4, -0.2) is 14.1 Å². The minimum absolute atomic E-state index is 0.0580.